The highest BCUT2D eigenvalue weighted by atomic mass is 16.5. The lowest BCUT2D eigenvalue weighted by molar-refractivity contribution is -0.126. The zero-order valence-electron chi connectivity index (χ0n) is 13.0. The highest BCUT2D eigenvalue weighted by Crippen LogP contribution is 2.26. The minimum absolute atomic E-state index is 0.0519. The average molecular weight is 299 g/mol. The summed E-state index contributed by atoms with van der Waals surface area (Å²) in [5.41, 5.74) is 3.22. The maximum absolute atomic E-state index is 12.3. The van der Waals surface area contributed by atoms with Gasteiger partial charge in [-0.05, 0) is 38.0 Å². The van der Waals surface area contributed by atoms with E-state index >= 15 is 0 Å². The largest absolute Gasteiger partial charge is 0.492 e. The molecule has 1 atom stereocenters. The lowest BCUT2D eigenvalue weighted by atomic mass is 9.96. The van der Waals surface area contributed by atoms with Crippen molar-refractivity contribution in [2.24, 2.45) is 5.92 Å². The Morgan fingerprint density at radius 2 is 2.23 bits per heavy atom. The molecule has 1 aromatic carbocycles. The van der Waals surface area contributed by atoms with Crippen molar-refractivity contribution in [2.45, 2.75) is 26.8 Å². The van der Waals surface area contributed by atoms with Gasteiger partial charge >= 0.3 is 0 Å². The summed E-state index contributed by atoms with van der Waals surface area (Å²) in [7, 11) is 0. The van der Waals surface area contributed by atoms with Crippen molar-refractivity contribution in [1.29, 1.82) is 0 Å². The second kappa shape index (κ2) is 6.22. The number of aromatic nitrogens is 2. The number of hydrogen-bond donors (Lipinski definition) is 1. The summed E-state index contributed by atoms with van der Waals surface area (Å²) in [4.78, 5) is 12.3. The van der Waals surface area contributed by atoms with Crippen molar-refractivity contribution in [3.05, 3.63) is 47.3 Å². The van der Waals surface area contributed by atoms with Gasteiger partial charge in [-0.2, -0.15) is 5.10 Å². The van der Waals surface area contributed by atoms with Crippen molar-refractivity contribution >= 4 is 5.91 Å². The van der Waals surface area contributed by atoms with Gasteiger partial charge in [-0.1, -0.05) is 18.2 Å². The van der Waals surface area contributed by atoms with E-state index in [2.05, 4.69) is 10.4 Å². The van der Waals surface area contributed by atoms with E-state index < -0.39 is 0 Å². The van der Waals surface area contributed by atoms with Gasteiger partial charge in [-0.15, -0.1) is 0 Å². The van der Waals surface area contributed by atoms with Gasteiger partial charge in [0.1, 0.15) is 12.4 Å². The van der Waals surface area contributed by atoms with Crippen LogP contribution in [-0.4, -0.2) is 28.8 Å². The number of rotatable bonds is 4. The van der Waals surface area contributed by atoms with Crippen LogP contribution in [0.3, 0.4) is 0 Å². The van der Waals surface area contributed by atoms with Gasteiger partial charge in [0.2, 0.25) is 5.91 Å². The Hall–Kier alpha value is -2.30. The molecular weight excluding hydrogens is 278 g/mol. The molecule has 5 nitrogen and oxygen atoms in total. The number of carbonyl (C=O) groups excluding carboxylic acids is 1. The monoisotopic (exact) mass is 299 g/mol. The summed E-state index contributed by atoms with van der Waals surface area (Å²) in [5.74, 6) is 0.834. The molecule has 116 valence electrons. The van der Waals surface area contributed by atoms with E-state index in [1.807, 2.05) is 48.9 Å². The molecule has 2 aromatic rings. The van der Waals surface area contributed by atoms with Crippen LogP contribution in [0.15, 0.2) is 30.3 Å². The van der Waals surface area contributed by atoms with Crippen LogP contribution in [0.25, 0.3) is 0 Å². The predicted octanol–water partition coefficient (Wildman–Crippen LogP) is 1.87. The number of hydrogen-bond acceptors (Lipinski definition) is 3. The lowest BCUT2D eigenvalue weighted by Gasteiger charge is -2.24. The van der Waals surface area contributed by atoms with Crippen molar-refractivity contribution in [3.8, 4) is 5.75 Å². The number of nitrogens with one attached hydrogen (secondary N) is 1. The standard InChI is InChI=1S/C17H21N3O2/c1-12-9-13(2)20(19-12)8-7-18-17(21)15-10-14-5-3-4-6-16(14)22-11-15/h3-6,9,15H,7-8,10-11H2,1-2H3,(H,18,21). The third-order valence-corrected chi connectivity index (χ3v) is 3.98. The molecule has 0 radical (unpaired) electrons. The van der Waals surface area contributed by atoms with Crippen LogP contribution in [0, 0.1) is 19.8 Å². The Bertz CT molecular complexity index is 678. The van der Waals surface area contributed by atoms with Crippen molar-refractivity contribution in [3.63, 3.8) is 0 Å². The molecule has 22 heavy (non-hydrogen) atoms. The van der Waals surface area contributed by atoms with Gasteiger partial charge in [0, 0.05) is 12.2 Å². The maximum atomic E-state index is 12.3. The second-order valence-corrected chi connectivity index (χ2v) is 5.76. The molecule has 0 fully saturated rings. The maximum Gasteiger partial charge on any atom is 0.226 e. The Labute approximate surface area is 130 Å². The van der Waals surface area contributed by atoms with Crippen molar-refractivity contribution < 1.29 is 9.53 Å². The topological polar surface area (TPSA) is 56.2 Å². The quantitative estimate of drug-likeness (QED) is 0.937. The molecule has 1 aliphatic heterocycles. The number of nitrogens with zero attached hydrogens (tertiary/aromatic N) is 2. The van der Waals surface area contributed by atoms with E-state index in [1.165, 1.54) is 0 Å². The van der Waals surface area contributed by atoms with Crippen LogP contribution in [0.5, 0.6) is 5.75 Å². The number of benzene rings is 1. The molecule has 0 saturated carbocycles. The van der Waals surface area contributed by atoms with Crippen LogP contribution < -0.4 is 10.1 Å². The number of aryl methyl sites for hydroxylation is 2. The molecular formula is C17H21N3O2. The third-order valence-electron chi connectivity index (χ3n) is 3.98. The zero-order chi connectivity index (χ0) is 15.5. The number of fused-ring (bicyclic) bond motifs is 1. The minimum Gasteiger partial charge on any atom is -0.492 e. The Kier molecular flexibility index (Phi) is 4.13. The van der Waals surface area contributed by atoms with E-state index in [0.29, 0.717) is 19.7 Å². The normalized spacial score (nSPS) is 16.7. The van der Waals surface area contributed by atoms with Gasteiger partial charge < -0.3 is 10.1 Å². The fourth-order valence-electron chi connectivity index (χ4n) is 2.83. The first-order chi connectivity index (χ1) is 10.6. The molecule has 1 N–H and O–H groups in total. The fraction of sp³-hybridized carbons (Fsp3) is 0.412. The van der Waals surface area contributed by atoms with Crippen LogP contribution in [0.4, 0.5) is 0 Å². The van der Waals surface area contributed by atoms with Gasteiger partial charge in [-0.3, -0.25) is 9.48 Å². The lowest BCUT2D eigenvalue weighted by Crippen LogP contribution is -2.38. The number of amides is 1. The van der Waals surface area contributed by atoms with E-state index in [1.54, 1.807) is 0 Å². The van der Waals surface area contributed by atoms with E-state index in [4.69, 9.17) is 4.74 Å². The Morgan fingerprint density at radius 3 is 3.00 bits per heavy atom. The Balaban J connectivity index is 1.52. The molecule has 2 heterocycles. The molecule has 1 aromatic heterocycles. The van der Waals surface area contributed by atoms with Gasteiger partial charge in [0.25, 0.3) is 0 Å². The van der Waals surface area contributed by atoms with Gasteiger partial charge in [0.05, 0.1) is 18.2 Å². The van der Waals surface area contributed by atoms with Crippen LogP contribution >= 0.6 is 0 Å². The van der Waals surface area contributed by atoms with Crippen LogP contribution in [0.2, 0.25) is 0 Å². The molecule has 5 heteroatoms. The first-order valence-electron chi connectivity index (χ1n) is 7.63. The number of para-hydroxylation sites is 1. The minimum atomic E-state index is -0.115. The molecule has 0 spiro atoms. The Morgan fingerprint density at radius 1 is 1.41 bits per heavy atom. The highest BCUT2D eigenvalue weighted by molar-refractivity contribution is 5.79. The summed E-state index contributed by atoms with van der Waals surface area (Å²) in [6.07, 6.45) is 0.738. The number of ether oxygens (including phenoxy) is 1. The van der Waals surface area contributed by atoms with Crippen LogP contribution in [0.1, 0.15) is 17.0 Å². The summed E-state index contributed by atoms with van der Waals surface area (Å²) < 4.78 is 7.58. The molecule has 0 aliphatic carbocycles. The van der Waals surface area contributed by atoms with E-state index in [0.717, 1.165) is 29.1 Å². The first-order valence-corrected chi connectivity index (χ1v) is 7.63. The molecule has 0 saturated heterocycles. The smallest absolute Gasteiger partial charge is 0.226 e. The number of carbonyl (C=O) groups is 1. The molecule has 1 unspecified atom stereocenters. The fourth-order valence-corrected chi connectivity index (χ4v) is 2.83. The summed E-state index contributed by atoms with van der Waals surface area (Å²) in [6.45, 7) is 5.71. The van der Waals surface area contributed by atoms with E-state index in [-0.39, 0.29) is 11.8 Å². The highest BCUT2D eigenvalue weighted by Gasteiger charge is 2.25. The average Bonchev–Trinajstić information content (AvgIpc) is 2.84. The molecule has 3 rings (SSSR count). The summed E-state index contributed by atoms with van der Waals surface area (Å²) >= 11 is 0. The SMILES string of the molecule is Cc1cc(C)n(CCNC(=O)C2COc3ccccc3C2)n1. The van der Waals surface area contributed by atoms with Crippen molar-refractivity contribution in [2.75, 3.05) is 13.2 Å². The molecule has 1 amide bonds. The molecule has 1 aliphatic rings. The van der Waals surface area contributed by atoms with Gasteiger partial charge in [-0.25, -0.2) is 0 Å². The van der Waals surface area contributed by atoms with Gasteiger partial charge in [0.15, 0.2) is 0 Å². The third kappa shape index (κ3) is 3.13. The first kappa shape index (κ1) is 14.6. The van der Waals surface area contributed by atoms with Crippen LogP contribution in [-0.2, 0) is 17.8 Å². The second-order valence-electron chi connectivity index (χ2n) is 5.76. The predicted molar refractivity (Wildman–Crippen MR) is 83.8 cm³/mol. The zero-order valence-corrected chi connectivity index (χ0v) is 13.0. The summed E-state index contributed by atoms with van der Waals surface area (Å²) in [5, 5.41) is 7.38. The van der Waals surface area contributed by atoms with E-state index in [9.17, 15) is 4.79 Å². The van der Waals surface area contributed by atoms with Crippen molar-refractivity contribution in [1.82, 2.24) is 15.1 Å². The molecule has 0 bridgehead atoms. The summed E-state index contributed by atoms with van der Waals surface area (Å²) in [6, 6.07) is 9.93.